The average molecular weight is 391 g/mol. The third-order valence-corrected chi connectivity index (χ3v) is 5.24. The Morgan fingerprint density at radius 1 is 1.17 bits per heavy atom. The highest BCUT2D eigenvalue weighted by Crippen LogP contribution is 2.34. The number of carbonyl (C=O) groups is 1. The molecule has 0 spiro atoms. The molecule has 0 fully saturated rings. The monoisotopic (exact) mass is 391 g/mol. The van der Waals surface area contributed by atoms with Crippen LogP contribution < -0.4 is 9.47 Å². The molecule has 2 aromatic heterocycles. The number of amides is 1. The molecule has 3 heterocycles. The van der Waals surface area contributed by atoms with Gasteiger partial charge in [-0.25, -0.2) is 0 Å². The van der Waals surface area contributed by atoms with Gasteiger partial charge in [-0.05, 0) is 45.0 Å². The van der Waals surface area contributed by atoms with Crippen molar-refractivity contribution in [1.82, 2.24) is 14.5 Å². The fourth-order valence-electron chi connectivity index (χ4n) is 3.82. The molecule has 6 nitrogen and oxygen atoms in total. The molecule has 1 amide bonds. The highest BCUT2D eigenvalue weighted by atomic mass is 16.6. The van der Waals surface area contributed by atoms with Crippen molar-refractivity contribution < 1.29 is 14.3 Å². The smallest absolute Gasteiger partial charge is 0.255 e. The summed E-state index contributed by atoms with van der Waals surface area (Å²) in [5.74, 6) is 1.49. The van der Waals surface area contributed by atoms with E-state index in [0.29, 0.717) is 31.9 Å². The summed E-state index contributed by atoms with van der Waals surface area (Å²) in [6.07, 6.45) is 3.55. The van der Waals surface area contributed by atoms with Crippen LogP contribution in [-0.2, 0) is 6.54 Å². The summed E-state index contributed by atoms with van der Waals surface area (Å²) in [7, 11) is 0. The predicted molar refractivity (Wildman–Crippen MR) is 111 cm³/mol. The van der Waals surface area contributed by atoms with Gasteiger partial charge in [0, 0.05) is 36.2 Å². The quantitative estimate of drug-likeness (QED) is 0.661. The molecular weight excluding hydrogens is 366 g/mol. The number of rotatable bonds is 5. The van der Waals surface area contributed by atoms with Crippen LogP contribution in [-0.4, -0.2) is 40.1 Å². The number of hydrogen-bond donors (Lipinski definition) is 0. The molecule has 0 saturated heterocycles. The van der Waals surface area contributed by atoms with E-state index in [1.54, 1.807) is 12.4 Å². The Kier molecular flexibility index (Phi) is 5.25. The zero-order valence-electron chi connectivity index (χ0n) is 17.0. The van der Waals surface area contributed by atoms with E-state index in [0.717, 1.165) is 34.1 Å². The number of benzene rings is 1. The Morgan fingerprint density at radius 2 is 2.00 bits per heavy atom. The number of pyridine rings is 1. The first-order valence-corrected chi connectivity index (χ1v) is 9.86. The van der Waals surface area contributed by atoms with E-state index >= 15 is 0 Å². The molecule has 0 bridgehead atoms. The number of fused-ring (bicyclic) bond motifs is 1. The van der Waals surface area contributed by atoms with Crippen molar-refractivity contribution in [3.63, 3.8) is 0 Å². The van der Waals surface area contributed by atoms with Gasteiger partial charge in [-0.3, -0.25) is 9.78 Å². The first-order valence-electron chi connectivity index (χ1n) is 9.86. The van der Waals surface area contributed by atoms with Gasteiger partial charge in [0.2, 0.25) is 0 Å². The van der Waals surface area contributed by atoms with Crippen molar-refractivity contribution in [1.29, 1.82) is 0 Å². The van der Waals surface area contributed by atoms with Gasteiger partial charge < -0.3 is 18.9 Å². The van der Waals surface area contributed by atoms with Crippen LogP contribution >= 0.6 is 0 Å². The van der Waals surface area contributed by atoms with Crippen LogP contribution in [0, 0.1) is 13.8 Å². The molecule has 0 aliphatic carbocycles. The van der Waals surface area contributed by atoms with Crippen molar-refractivity contribution >= 4 is 5.91 Å². The Hall–Kier alpha value is -3.28. The molecule has 0 atom stereocenters. The van der Waals surface area contributed by atoms with E-state index in [4.69, 9.17) is 9.47 Å². The van der Waals surface area contributed by atoms with Crippen LogP contribution in [0.2, 0.25) is 0 Å². The van der Waals surface area contributed by atoms with Gasteiger partial charge in [0.25, 0.3) is 5.91 Å². The molecule has 1 aliphatic heterocycles. The molecule has 0 N–H and O–H groups in total. The van der Waals surface area contributed by atoms with E-state index in [1.165, 1.54) is 0 Å². The van der Waals surface area contributed by atoms with E-state index in [-0.39, 0.29) is 5.91 Å². The standard InChI is InChI=1S/C23H25N3O3/c1-4-25(15-18-7-5-9-21-22(18)29-12-11-28-21)23(27)20-13-16(2)26(17(20)3)19-8-6-10-24-14-19/h5-10,13-14H,4,11-12,15H2,1-3H3. The maximum absolute atomic E-state index is 13.4. The SMILES string of the molecule is CCN(Cc1cccc2c1OCCO2)C(=O)c1cc(C)n(-c2cccnc2)c1C. The van der Waals surface area contributed by atoms with E-state index in [9.17, 15) is 4.79 Å². The van der Waals surface area contributed by atoms with Gasteiger partial charge in [-0.1, -0.05) is 12.1 Å². The summed E-state index contributed by atoms with van der Waals surface area (Å²) in [5.41, 5.74) is 4.53. The maximum Gasteiger partial charge on any atom is 0.255 e. The van der Waals surface area contributed by atoms with Gasteiger partial charge >= 0.3 is 0 Å². The minimum absolute atomic E-state index is 0.00470. The zero-order valence-corrected chi connectivity index (χ0v) is 17.0. The van der Waals surface area contributed by atoms with Gasteiger partial charge in [-0.15, -0.1) is 0 Å². The Balaban J connectivity index is 1.64. The minimum Gasteiger partial charge on any atom is -0.486 e. The molecule has 3 aromatic rings. The fraction of sp³-hybridized carbons (Fsp3) is 0.304. The van der Waals surface area contributed by atoms with Gasteiger partial charge in [0.05, 0.1) is 17.4 Å². The zero-order chi connectivity index (χ0) is 20.4. The lowest BCUT2D eigenvalue weighted by Crippen LogP contribution is -2.31. The third kappa shape index (κ3) is 3.58. The summed E-state index contributed by atoms with van der Waals surface area (Å²) in [6, 6.07) is 11.7. The first kappa shape index (κ1) is 19.1. The second-order valence-electron chi connectivity index (χ2n) is 7.09. The number of aryl methyl sites for hydroxylation is 1. The lowest BCUT2D eigenvalue weighted by molar-refractivity contribution is 0.0748. The molecule has 150 valence electrons. The molecule has 29 heavy (non-hydrogen) atoms. The molecule has 0 unspecified atom stereocenters. The number of aromatic nitrogens is 2. The first-order chi connectivity index (χ1) is 14.1. The van der Waals surface area contributed by atoms with Crippen LogP contribution in [0.5, 0.6) is 11.5 Å². The second kappa shape index (κ2) is 7.99. The molecule has 1 aliphatic rings. The summed E-state index contributed by atoms with van der Waals surface area (Å²) >= 11 is 0. The number of carbonyl (C=O) groups excluding carboxylic acids is 1. The van der Waals surface area contributed by atoms with Gasteiger partial charge in [0.15, 0.2) is 11.5 Å². The molecule has 0 saturated carbocycles. The van der Waals surface area contributed by atoms with Crippen LogP contribution in [0.4, 0.5) is 0 Å². The maximum atomic E-state index is 13.4. The second-order valence-corrected chi connectivity index (χ2v) is 7.09. The lowest BCUT2D eigenvalue weighted by Gasteiger charge is -2.25. The summed E-state index contributed by atoms with van der Waals surface area (Å²) in [6.45, 7) is 8.11. The van der Waals surface area contributed by atoms with E-state index in [1.807, 2.05) is 62.1 Å². The highest BCUT2D eigenvalue weighted by molar-refractivity contribution is 5.96. The number of para-hydroxylation sites is 1. The molecular formula is C23H25N3O3. The Morgan fingerprint density at radius 3 is 2.76 bits per heavy atom. The summed E-state index contributed by atoms with van der Waals surface area (Å²) in [5, 5.41) is 0. The van der Waals surface area contributed by atoms with Gasteiger partial charge in [-0.2, -0.15) is 0 Å². The summed E-state index contributed by atoms with van der Waals surface area (Å²) < 4.78 is 13.6. The minimum atomic E-state index is 0.00470. The Labute approximate surface area is 170 Å². The largest absolute Gasteiger partial charge is 0.486 e. The number of hydrogen-bond acceptors (Lipinski definition) is 4. The predicted octanol–water partition coefficient (Wildman–Crippen LogP) is 3.92. The van der Waals surface area contributed by atoms with E-state index < -0.39 is 0 Å². The summed E-state index contributed by atoms with van der Waals surface area (Å²) in [4.78, 5) is 19.4. The number of ether oxygens (including phenoxy) is 2. The topological polar surface area (TPSA) is 56.6 Å². The van der Waals surface area contributed by atoms with Crippen LogP contribution in [0.15, 0.2) is 48.8 Å². The van der Waals surface area contributed by atoms with Crippen LogP contribution in [0.1, 0.15) is 34.2 Å². The van der Waals surface area contributed by atoms with Gasteiger partial charge in [0.1, 0.15) is 13.2 Å². The molecule has 4 rings (SSSR count). The lowest BCUT2D eigenvalue weighted by atomic mass is 10.1. The highest BCUT2D eigenvalue weighted by Gasteiger charge is 2.24. The average Bonchev–Trinajstić information content (AvgIpc) is 3.06. The Bertz CT molecular complexity index is 1030. The normalized spacial score (nSPS) is 12.7. The van der Waals surface area contributed by atoms with Crippen molar-refractivity contribution in [2.75, 3.05) is 19.8 Å². The van der Waals surface area contributed by atoms with Crippen LogP contribution in [0.3, 0.4) is 0 Å². The third-order valence-electron chi connectivity index (χ3n) is 5.24. The molecule has 6 heteroatoms. The van der Waals surface area contributed by atoms with Crippen LogP contribution in [0.25, 0.3) is 5.69 Å². The van der Waals surface area contributed by atoms with Crippen molar-refractivity contribution in [2.45, 2.75) is 27.3 Å². The van der Waals surface area contributed by atoms with Crippen molar-refractivity contribution in [3.05, 3.63) is 71.3 Å². The van der Waals surface area contributed by atoms with Crippen molar-refractivity contribution in [2.24, 2.45) is 0 Å². The number of nitrogens with zero attached hydrogens (tertiary/aromatic N) is 3. The molecule has 1 aromatic carbocycles. The van der Waals surface area contributed by atoms with Crippen molar-refractivity contribution in [3.8, 4) is 17.2 Å². The fourth-order valence-corrected chi connectivity index (χ4v) is 3.82. The molecule has 0 radical (unpaired) electrons. The van der Waals surface area contributed by atoms with E-state index in [2.05, 4.69) is 9.55 Å².